The number of halogens is 1. The molecule has 19 heavy (non-hydrogen) atoms. The summed E-state index contributed by atoms with van der Waals surface area (Å²) in [4.78, 5) is 2.57. The highest BCUT2D eigenvalue weighted by atomic mass is 19.1. The minimum Gasteiger partial charge on any atom is -0.381 e. The minimum absolute atomic E-state index is 0.154. The average Bonchev–Trinajstić information content (AvgIpc) is 3.27. The Kier molecular flexibility index (Phi) is 4.02. The second kappa shape index (κ2) is 5.91. The van der Waals surface area contributed by atoms with E-state index in [1.54, 1.807) is 12.1 Å². The van der Waals surface area contributed by atoms with Crippen LogP contribution in [-0.2, 0) is 0 Å². The minimum atomic E-state index is -0.154. The van der Waals surface area contributed by atoms with Crippen LogP contribution in [0.4, 0.5) is 10.1 Å². The van der Waals surface area contributed by atoms with Crippen molar-refractivity contribution in [3.8, 4) is 0 Å². The first-order valence-corrected chi connectivity index (χ1v) is 7.52. The first-order chi connectivity index (χ1) is 9.31. The van der Waals surface area contributed by atoms with Crippen molar-refractivity contribution >= 4 is 5.69 Å². The van der Waals surface area contributed by atoms with Crippen molar-refractivity contribution in [3.63, 3.8) is 0 Å². The molecule has 3 heteroatoms. The van der Waals surface area contributed by atoms with Crippen molar-refractivity contribution in [1.29, 1.82) is 0 Å². The fraction of sp³-hybridized carbons (Fsp3) is 0.625. The van der Waals surface area contributed by atoms with Crippen LogP contribution >= 0.6 is 0 Å². The zero-order valence-electron chi connectivity index (χ0n) is 11.4. The molecule has 2 nitrogen and oxygen atoms in total. The van der Waals surface area contributed by atoms with E-state index in [0.29, 0.717) is 5.69 Å². The molecule has 0 heterocycles. The number of nitrogens with one attached hydrogen (secondary N) is 1. The second-order valence-electron chi connectivity index (χ2n) is 6.05. The van der Waals surface area contributed by atoms with Gasteiger partial charge in [0.25, 0.3) is 0 Å². The number of para-hydroxylation sites is 1. The third-order valence-electron chi connectivity index (χ3n) is 4.04. The highest BCUT2D eigenvalue weighted by Gasteiger charge is 2.28. The molecule has 3 rings (SSSR count). The lowest BCUT2D eigenvalue weighted by Gasteiger charge is -2.22. The van der Waals surface area contributed by atoms with E-state index in [9.17, 15) is 4.39 Å². The van der Waals surface area contributed by atoms with Gasteiger partial charge in [-0.3, -0.25) is 0 Å². The van der Waals surface area contributed by atoms with Gasteiger partial charge in [-0.05, 0) is 49.7 Å². The molecule has 104 valence electrons. The fourth-order valence-corrected chi connectivity index (χ4v) is 2.54. The molecular weight excluding hydrogens is 239 g/mol. The molecular formula is C16H23FN2. The summed E-state index contributed by atoms with van der Waals surface area (Å²) >= 11 is 0. The molecule has 2 saturated carbocycles. The lowest BCUT2D eigenvalue weighted by molar-refractivity contribution is 0.262. The van der Waals surface area contributed by atoms with E-state index in [1.165, 1.54) is 44.8 Å². The maximum Gasteiger partial charge on any atom is 0.146 e. The summed E-state index contributed by atoms with van der Waals surface area (Å²) in [5.41, 5.74) is 0.625. The Hall–Kier alpha value is -1.09. The van der Waals surface area contributed by atoms with Gasteiger partial charge >= 0.3 is 0 Å². The summed E-state index contributed by atoms with van der Waals surface area (Å²) < 4.78 is 13.5. The van der Waals surface area contributed by atoms with Gasteiger partial charge in [0, 0.05) is 26.2 Å². The quantitative estimate of drug-likeness (QED) is 0.773. The predicted octanol–water partition coefficient (Wildman–Crippen LogP) is 3.36. The molecule has 1 N–H and O–H groups in total. The Bertz CT molecular complexity index is 399. The maximum atomic E-state index is 13.5. The van der Waals surface area contributed by atoms with Crippen molar-refractivity contribution in [2.45, 2.75) is 25.7 Å². The average molecular weight is 262 g/mol. The fourth-order valence-electron chi connectivity index (χ4n) is 2.54. The lowest BCUT2D eigenvalue weighted by Crippen LogP contribution is -2.33. The monoisotopic (exact) mass is 262 g/mol. The van der Waals surface area contributed by atoms with Crippen LogP contribution in [0.3, 0.4) is 0 Å². The van der Waals surface area contributed by atoms with Crippen LogP contribution in [0.25, 0.3) is 0 Å². The van der Waals surface area contributed by atoms with Crippen molar-refractivity contribution in [3.05, 3.63) is 30.1 Å². The van der Waals surface area contributed by atoms with Crippen LogP contribution < -0.4 is 5.32 Å². The summed E-state index contributed by atoms with van der Waals surface area (Å²) in [6, 6.07) is 6.92. The van der Waals surface area contributed by atoms with Crippen molar-refractivity contribution < 1.29 is 4.39 Å². The van der Waals surface area contributed by atoms with Gasteiger partial charge in [0.1, 0.15) is 5.82 Å². The zero-order chi connectivity index (χ0) is 13.1. The van der Waals surface area contributed by atoms with Gasteiger partial charge in [-0.2, -0.15) is 0 Å². The van der Waals surface area contributed by atoms with Crippen LogP contribution in [0.2, 0.25) is 0 Å². The van der Waals surface area contributed by atoms with E-state index < -0.39 is 0 Å². The number of rotatable bonds is 8. The predicted molar refractivity (Wildman–Crippen MR) is 76.8 cm³/mol. The summed E-state index contributed by atoms with van der Waals surface area (Å²) in [6.45, 7) is 4.35. The normalized spacial score (nSPS) is 18.8. The van der Waals surface area contributed by atoms with Crippen LogP contribution in [0.5, 0.6) is 0 Å². The van der Waals surface area contributed by atoms with Gasteiger partial charge in [0.05, 0.1) is 5.69 Å². The number of hydrogen-bond acceptors (Lipinski definition) is 2. The molecule has 0 bridgehead atoms. The van der Waals surface area contributed by atoms with Gasteiger partial charge in [-0.25, -0.2) is 4.39 Å². The van der Waals surface area contributed by atoms with E-state index in [4.69, 9.17) is 0 Å². The van der Waals surface area contributed by atoms with E-state index in [-0.39, 0.29) is 5.82 Å². The zero-order valence-corrected chi connectivity index (χ0v) is 11.4. The number of hydrogen-bond donors (Lipinski definition) is 1. The smallest absolute Gasteiger partial charge is 0.146 e. The Morgan fingerprint density at radius 2 is 1.68 bits per heavy atom. The van der Waals surface area contributed by atoms with E-state index in [1.807, 2.05) is 6.07 Å². The van der Waals surface area contributed by atoms with Crippen LogP contribution in [0.1, 0.15) is 25.7 Å². The van der Waals surface area contributed by atoms with Gasteiger partial charge in [0.15, 0.2) is 0 Å². The SMILES string of the molecule is Fc1ccccc1NCCN(CC1CC1)CC1CC1. The number of nitrogens with zero attached hydrogens (tertiary/aromatic N) is 1. The van der Waals surface area contributed by atoms with Crippen molar-refractivity contribution in [2.75, 3.05) is 31.5 Å². The van der Waals surface area contributed by atoms with Crippen molar-refractivity contribution in [1.82, 2.24) is 4.90 Å². The van der Waals surface area contributed by atoms with Crippen LogP contribution in [0.15, 0.2) is 24.3 Å². The molecule has 0 saturated heterocycles. The summed E-state index contributed by atoms with van der Waals surface area (Å²) in [5.74, 6) is 1.72. The summed E-state index contributed by atoms with van der Waals surface area (Å²) in [5, 5.41) is 3.21. The molecule has 0 aliphatic heterocycles. The molecule has 2 aliphatic carbocycles. The van der Waals surface area contributed by atoms with Gasteiger partial charge in [0.2, 0.25) is 0 Å². The highest BCUT2D eigenvalue weighted by molar-refractivity contribution is 5.44. The third-order valence-corrected chi connectivity index (χ3v) is 4.04. The molecule has 0 spiro atoms. The molecule has 1 aromatic carbocycles. The second-order valence-corrected chi connectivity index (χ2v) is 6.05. The first kappa shape index (κ1) is 12.9. The molecule has 0 unspecified atom stereocenters. The molecule has 2 fully saturated rings. The van der Waals surface area contributed by atoms with Crippen molar-refractivity contribution in [2.24, 2.45) is 11.8 Å². The summed E-state index contributed by atoms with van der Waals surface area (Å²) in [6.07, 6.45) is 5.62. The Balaban J connectivity index is 1.44. The maximum absolute atomic E-state index is 13.5. The highest BCUT2D eigenvalue weighted by Crippen LogP contribution is 2.33. The molecule has 0 amide bonds. The van der Waals surface area contributed by atoms with Gasteiger partial charge in [-0.1, -0.05) is 12.1 Å². The lowest BCUT2D eigenvalue weighted by atomic mass is 10.3. The summed E-state index contributed by atoms with van der Waals surface area (Å²) in [7, 11) is 0. The Morgan fingerprint density at radius 1 is 1.05 bits per heavy atom. The largest absolute Gasteiger partial charge is 0.381 e. The standard InChI is InChI=1S/C16H23FN2/c17-15-3-1-2-4-16(15)18-9-10-19(11-13-5-6-13)12-14-7-8-14/h1-4,13-14,18H,5-12H2. The number of benzene rings is 1. The number of anilines is 1. The van der Waals surface area contributed by atoms with Crippen LogP contribution in [-0.4, -0.2) is 31.1 Å². The topological polar surface area (TPSA) is 15.3 Å². The molecule has 1 aromatic rings. The molecule has 2 aliphatic rings. The van der Waals surface area contributed by atoms with E-state index in [2.05, 4.69) is 10.2 Å². The Labute approximate surface area is 115 Å². The molecule has 0 radical (unpaired) electrons. The molecule has 0 aromatic heterocycles. The Morgan fingerprint density at radius 3 is 2.26 bits per heavy atom. The van der Waals surface area contributed by atoms with E-state index >= 15 is 0 Å². The third kappa shape index (κ3) is 4.20. The van der Waals surface area contributed by atoms with Gasteiger partial charge in [-0.15, -0.1) is 0 Å². The van der Waals surface area contributed by atoms with E-state index in [0.717, 1.165) is 24.9 Å². The van der Waals surface area contributed by atoms with Crippen LogP contribution in [0, 0.1) is 17.7 Å². The molecule has 0 atom stereocenters. The first-order valence-electron chi connectivity index (χ1n) is 7.52. The van der Waals surface area contributed by atoms with Gasteiger partial charge < -0.3 is 10.2 Å².